The topological polar surface area (TPSA) is 85.2 Å². The fraction of sp³-hybridized carbons (Fsp3) is 0.964. The first-order chi connectivity index (χ1) is 16.4. The van der Waals surface area contributed by atoms with E-state index in [0.29, 0.717) is 18.9 Å². The van der Waals surface area contributed by atoms with Gasteiger partial charge in [0, 0.05) is 25.0 Å². The molecule has 35 heavy (non-hydrogen) atoms. The van der Waals surface area contributed by atoms with Gasteiger partial charge in [-0.25, -0.2) is 0 Å². The minimum atomic E-state index is -1.96. The monoisotopic (exact) mass is 514 g/mol. The first-order valence-corrected chi connectivity index (χ1v) is 17.1. The van der Waals surface area contributed by atoms with E-state index in [1.165, 1.54) is 19.3 Å². The second-order valence-electron chi connectivity index (χ2n) is 12.7. The molecule has 0 amide bonds. The molecule has 7 heteroatoms. The molecule has 1 saturated heterocycles. The lowest BCUT2D eigenvalue weighted by atomic mass is 9.84. The van der Waals surface area contributed by atoms with Gasteiger partial charge in [0.05, 0.1) is 18.6 Å². The molecule has 0 bridgehead atoms. The molecule has 6 nitrogen and oxygen atoms in total. The van der Waals surface area contributed by atoms with Crippen molar-refractivity contribution in [1.29, 1.82) is 0 Å². The van der Waals surface area contributed by atoms with Gasteiger partial charge in [-0.3, -0.25) is 4.79 Å². The van der Waals surface area contributed by atoms with Crippen molar-refractivity contribution in [3.05, 3.63) is 0 Å². The van der Waals surface area contributed by atoms with Crippen molar-refractivity contribution in [3.63, 3.8) is 0 Å². The van der Waals surface area contributed by atoms with Gasteiger partial charge in [0.15, 0.2) is 14.6 Å². The third-order valence-electron chi connectivity index (χ3n) is 8.80. The summed E-state index contributed by atoms with van der Waals surface area (Å²) in [5.74, 6) is -0.693. The molecule has 2 N–H and O–H groups in total. The third kappa shape index (κ3) is 9.40. The number of aliphatic hydroxyl groups excluding tert-OH is 1. The van der Waals surface area contributed by atoms with E-state index in [2.05, 4.69) is 47.7 Å². The van der Waals surface area contributed by atoms with Crippen LogP contribution in [-0.2, 0) is 18.7 Å². The first kappa shape index (κ1) is 30.7. The van der Waals surface area contributed by atoms with Crippen molar-refractivity contribution in [2.24, 2.45) is 17.8 Å². The van der Waals surface area contributed by atoms with Crippen LogP contribution in [0.3, 0.4) is 0 Å². The normalized spacial score (nSPS) is 29.8. The van der Waals surface area contributed by atoms with E-state index in [9.17, 15) is 15.0 Å². The first-order valence-electron chi connectivity index (χ1n) is 14.2. The van der Waals surface area contributed by atoms with E-state index in [1.807, 2.05) is 0 Å². The summed E-state index contributed by atoms with van der Waals surface area (Å²) in [4.78, 5) is 11.6. The van der Waals surface area contributed by atoms with Gasteiger partial charge in [0.2, 0.25) is 0 Å². The van der Waals surface area contributed by atoms with E-state index in [0.717, 1.165) is 38.5 Å². The highest BCUT2D eigenvalue weighted by Gasteiger charge is 2.46. The Morgan fingerprint density at radius 1 is 1.14 bits per heavy atom. The number of carbonyl (C=O) groups is 1. The molecule has 0 spiro atoms. The number of rotatable bonds is 14. The largest absolute Gasteiger partial charge is 0.481 e. The van der Waals surface area contributed by atoms with E-state index >= 15 is 0 Å². The fourth-order valence-electron chi connectivity index (χ4n) is 5.48. The average Bonchev–Trinajstić information content (AvgIpc) is 3.04. The van der Waals surface area contributed by atoms with Crippen molar-refractivity contribution in [1.82, 2.24) is 0 Å². The summed E-state index contributed by atoms with van der Waals surface area (Å²) in [6.45, 7) is 16.7. The Hall–Kier alpha value is -0.473. The second kappa shape index (κ2) is 13.9. The minimum absolute atomic E-state index is 0.0000148. The Morgan fingerprint density at radius 3 is 2.43 bits per heavy atom. The lowest BCUT2D eigenvalue weighted by Gasteiger charge is -2.41. The molecule has 2 aliphatic rings. The molecule has 2 rings (SSSR count). The maximum Gasteiger partial charge on any atom is 0.303 e. The standard InChI is InChI=1S/C28H54O6Si/c1-8-9-10-13-20(2)24(34-35(6,7)28(3,4)5)16-15-21-22(18-26(30)31)23(29)19-25(21)33-27-14-11-12-17-32-27/h20-25,27,29H,8-19H2,1-7H3,(H,30,31)/t20?,21-,22+,23-,24-,25+,27?/m0/s1. The lowest BCUT2D eigenvalue weighted by Crippen LogP contribution is -2.45. The van der Waals surface area contributed by atoms with Crippen LogP contribution in [0, 0.1) is 17.8 Å². The van der Waals surface area contributed by atoms with Gasteiger partial charge in [0.25, 0.3) is 0 Å². The summed E-state index contributed by atoms with van der Waals surface area (Å²) in [5.41, 5.74) is 0. The predicted octanol–water partition coefficient (Wildman–Crippen LogP) is 6.76. The Balaban J connectivity index is 2.16. The van der Waals surface area contributed by atoms with Gasteiger partial charge < -0.3 is 24.1 Å². The Kier molecular flexibility index (Phi) is 12.2. The van der Waals surface area contributed by atoms with Crippen LogP contribution >= 0.6 is 0 Å². The summed E-state index contributed by atoms with van der Waals surface area (Å²) in [6.07, 6.45) is 9.06. The molecule has 206 valence electrons. The quantitative estimate of drug-likeness (QED) is 0.197. The van der Waals surface area contributed by atoms with Crippen LogP contribution in [0.4, 0.5) is 0 Å². The molecule has 1 aliphatic heterocycles. The van der Waals surface area contributed by atoms with Crippen molar-refractivity contribution in [3.8, 4) is 0 Å². The van der Waals surface area contributed by atoms with Crippen LogP contribution in [0.25, 0.3) is 0 Å². The van der Waals surface area contributed by atoms with E-state index in [1.54, 1.807) is 0 Å². The number of aliphatic hydroxyl groups is 1. The van der Waals surface area contributed by atoms with Gasteiger partial charge in [0.1, 0.15) is 0 Å². The number of hydrogen-bond donors (Lipinski definition) is 2. The number of hydrogen-bond acceptors (Lipinski definition) is 5. The molecule has 7 atom stereocenters. The Labute approximate surface area is 215 Å². The van der Waals surface area contributed by atoms with Gasteiger partial charge in [-0.05, 0) is 68.5 Å². The molecule has 0 radical (unpaired) electrons. The fourth-order valence-corrected chi connectivity index (χ4v) is 6.94. The minimum Gasteiger partial charge on any atom is -0.481 e. The molecule has 1 saturated carbocycles. The van der Waals surface area contributed by atoms with Gasteiger partial charge in [-0.1, -0.05) is 53.9 Å². The molecule has 2 unspecified atom stereocenters. The number of ether oxygens (including phenoxy) is 2. The molecule has 2 fully saturated rings. The van der Waals surface area contributed by atoms with Crippen LogP contribution in [0.15, 0.2) is 0 Å². The summed E-state index contributed by atoms with van der Waals surface area (Å²) < 4.78 is 19.2. The highest BCUT2D eigenvalue weighted by Crippen LogP contribution is 2.43. The van der Waals surface area contributed by atoms with Crippen LogP contribution < -0.4 is 0 Å². The van der Waals surface area contributed by atoms with Crippen LogP contribution in [0.5, 0.6) is 0 Å². The van der Waals surface area contributed by atoms with E-state index < -0.39 is 20.4 Å². The Morgan fingerprint density at radius 2 is 1.86 bits per heavy atom. The molecule has 0 aromatic carbocycles. The average molecular weight is 515 g/mol. The molecule has 0 aromatic rings. The van der Waals surface area contributed by atoms with E-state index in [4.69, 9.17) is 13.9 Å². The third-order valence-corrected chi connectivity index (χ3v) is 13.3. The zero-order valence-corrected chi connectivity index (χ0v) is 24.6. The number of carboxylic acid groups (broad SMARTS) is 1. The molecule has 1 heterocycles. The number of aliphatic carboxylic acids is 1. The van der Waals surface area contributed by atoms with Crippen molar-refractivity contribution in [2.45, 2.75) is 148 Å². The summed E-state index contributed by atoms with van der Waals surface area (Å²) in [7, 11) is -1.96. The highest BCUT2D eigenvalue weighted by molar-refractivity contribution is 6.74. The SMILES string of the molecule is CCCCCC(C)[C@H](CC[C@H]1[C@@H](CC(=O)O)[C@@H](O)C[C@H]1OC1CCCCO1)O[Si](C)(C)C(C)(C)C. The molecular weight excluding hydrogens is 460 g/mol. The second-order valence-corrected chi connectivity index (χ2v) is 17.4. The highest BCUT2D eigenvalue weighted by atomic mass is 28.4. The zero-order valence-electron chi connectivity index (χ0n) is 23.6. The van der Waals surface area contributed by atoms with Gasteiger partial charge >= 0.3 is 5.97 Å². The van der Waals surface area contributed by atoms with Crippen LogP contribution in [-0.4, -0.2) is 55.7 Å². The van der Waals surface area contributed by atoms with E-state index in [-0.39, 0.29) is 41.8 Å². The van der Waals surface area contributed by atoms with Gasteiger partial charge in [-0.2, -0.15) is 0 Å². The number of carboxylic acids is 1. The number of unbranched alkanes of at least 4 members (excludes halogenated alkanes) is 2. The summed E-state index contributed by atoms with van der Waals surface area (Å²) in [5, 5.41) is 20.5. The van der Waals surface area contributed by atoms with Crippen LogP contribution in [0.1, 0.15) is 105 Å². The Bertz CT molecular complexity index is 627. The van der Waals surface area contributed by atoms with Gasteiger partial charge in [-0.15, -0.1) is 0 Å². The van der Waals surface area contributed by atoms with Crippen LogP contribution in [0.2, 0.25) is 18.1 Å². The molecule has 0 aromatic heterocycles. The van der Waals surface area contributed by atoms with Crippen molar-refractivity contribution in [2.75, 3.05) is 6.61 Å². The molecule has 1 aliphatic carbocycles. The maximum atomic E-state index is 11.6. The zero-order chi connectivity index (χ0) is 26.2. The molecular formula is C28H54O6Si. The summed E-state index contributed by atoms with van der Waals surface area (Å²) in [6, 6.07) is 0. The summed E-state index contributed by atoms with van der Waals surface area (Å²) >= 11 is 0. The van der Waals surface area contributed by atoms with Crippen molar-refractivity contribution < 1.29 is 28.9 Å². The predicted molar refractivity (Wildman–Crippen MR) is 143 cm³/mol. The smallest absolute Gasteiger partial charge is 0.303 e. The van der Waals surface area contributed by atoms with Crippen molar-refractivity contribution >= 4 is 14.3 Å². The maximum absolute atomic E-state index is 11.6. The lowest BCUT2D eigenvalue weighted by molar-refractivity contribution is -0.196.